The fourth-order valence-corrected chi connectivity index (χ4v) is 4.92. The lowest BCUT2D eigenvalue weighted by molar-refractivity contribution is 0.246. The van der Waals surface area contributed by atoms with Crippen molar-refractivity contribution in [1.29, 1.82) is 0 Å². The molecule has 0 aromatic carbocycles. The van der Waals surface area contributed by atoms with Gasteiger partial charge >= 0.3 is 0 Å². The smallest absolute Gasteiger partial charge is 0.0233 e. The predicted octanol–water partition coefficient (Wildman–Crippen LogP) is 7.93. The normalized spacial score (nSPS) is 32.4. The molecule has 0 aromatic heterocycles. The van der Waals surface area contributed by atoms with Gasteiger partial charge < -0.3 is 0 Å². The predicted molar refractivity (Wildman–Crippen MR) is 104 cm³/mol. The molecule has 0 bridgehead atoms. The topological polar surface area (TPSA) is 0 Å². The van der Waals surface area contributed by atoms with Crippen LogP contribution in [0.25, 0.3) is 0 Å². The van der Waals surface area contributed by atoms with Crippen LogP contribution in [-0.2, 0) is 0 Å². The molecule has 0 radical (unpaired) electrons. The van der Waals surface area contributed by atoms with Crippen molar-refractivity contribution < 1.29 is 0 Å². The van der Waals surface area contributed by atoms with Gasteiger partial charge in [-0.25, -0.2) is 0 Å². The molecule has 2 aliphatic rings. The van der Waals surface area contributed by atoms with Crippen molar-refractivity contribution in [3.8, 4) is 0 Å². The zero-order valence-corrected chi connectivity index (χ0v) is 16.1. The summed E-state index contributed by atoms with van der Waals surface area (Å²) in [6.45, 7) is 4.65. The highest BCUT2D eigenvalue weighted by Gasteiger charge is 2.21. The van der Waals surface area contributed by atoms with Gasteiger partial charge in [0.15, 0.2) is 0 Å². The van der Waals surface area contributed by atoms with Crippen molar-refractivity contribution in [3.63, 3.8) is 0 Å². The van der Waals surface area contributed by atoms with Gasteiger partial charge in [0.1, 0.15) is 0 Å². The van der Waals surface area contributed by atoms with Crippen LogP contribution >= 0.6 is 0 Å². The van der Waals surface area contributed by atoms with E-state index in [1.54, 1.807) is 0 Å². The molecule has 0 amide bonds. The molecule has 2 saturated carbocycles. The van der Waals surface area contributed by atoms with Gasteiger partial charge in [0.2, 0.25) is 0 Å². The van der Waals surface area contributed by atoms with E-state index in [-0.39, 0.29) is 0 Å². The lowest BCUT2D eigenvalue weighted by atomic mass is 9.77. The number of unbranched alkanes of at least 4 members (excludes halogenated alkanes) is 2. The minimum Gasteiger partial charge on any atom is -0.0883 e. The maximum Gasteiger partial charge on any atom is -0.0233 e. The number of hydrogen-bond acceptors (Lipinski definition) is 0. The number of hydrogen-bond donors (Lipinski definition) is 0. The summed E-state index contributed by atoms with van der Waals surface area (Å²) in [5.41, 5.74) is 0. The van der Waals surface area contributed by atoms with Crippen molar-refractivity contribution in [2.24, 2.45) is 23.7 Å². The average molecular weight is 319 g/mol. The van der Waals surface area contributed by atoms with Crippen LogP contribution in [0.1, 0.15) is 110 Å². The first-order valence-corrected chi connectivity index (χ1v) is 11.0. The Labute approximate surface area is 146 Å². The van der Waals surface area contributed by atoms with Crippen LogP contribution in [0, 0.1) is 23.7 Å². The first kappa shape index (κ1) is 19.1. The van der Waals surface area contributed by atoms with Gasteiger partial charge in [0, 0.05) is 0 Å². The highest BCUT2D eigenvalue weighted by Crippen LogP contribution is 2.35. The van der Waals surface area contributed by atoms with E-state index < -0.39 is 0 Å². The molecule has 0 nitrogen and oxygen atoms in total. The van der Waals surface area contributed by atoms with Crippen molar-refractivity contribution in [1.82, 2.24) is 0 Å². The van der Waals surface area contributed by atoms with Crippen molar-refractivity contribution in [2.45, 2.75) is 110 Å². The maximum atomic E-state index is 2.52. The van der Waals surface area contributed by atoms with E-state index in [0.717, 1.165) is 23.7 Å². The molecule has 0 N–H and O–H groups in total. The Hall–Kier alpha value is -0.260. The van der Waals surface area contributed by atoms with Crippen LogP contribution in [0.2, 0.25) is 0 Å². The Bertz CT molecular complexity index is 300. The highest BCUT2D eigenvalue weighted by molar-refractivity contribution is 4.90. The van der Waals surface area contributed by atoms with Crippen molar-refractivity contribution >= 4 is 0 Å². The third-order valence-corrected chi connectivity index (χ3v) is 6.77. The molecule has 0 aromatic rings. The van der Waals surface area contributed by atoms with Gasteiger partial charge in [-0.2, -0.15) is 0 Å². The molecule has 0 saturated heterocycles. The number of allylic oxidation sites excluding steroid dienone is 2. The summed E-state index contributed by atoms with van der Waals surface area (Å²) in [4.78, 5) is 0. The molecule has 0 heteroatoms. The Morgan fingerprint density at radius 3 is 1.74 bits per heavy atom. The fraction of sp³-hybridized carbons (Fsp3) is 0.913. The monoisotopic (exact) mass is 318 g/mol. The van der Waals surface area contributed by atoms with Crippen LogP contribution in [0.15, 0.2) is 12.2 Å². The van der Waals surface area contributed by atoms with Gasteiger partial charge in [0.25, 0.3) is 0 Å². The first-order chi connectivity index (χ1) is 11.3. The van der Waals surface area contributed by atoms with E-state index in [1.807, 2.05) is 0 Å². The molecule has 23 heavy (non-hydrogen) atoms. The van der Waals surface area contributed by atoms with Crippen LogP contribution in [-0.4, -0.2) is 0 Å². The van der Waals surface area contributed by atoms with E-state index in [4.69, 9.17) is 0 Å². The fourth-order valence-electron chi connectivity index (χ4n) is 4.92. The lowest BCUT2D eigenvalue weighted by Crippen LogP contribution is -2.14. The van der Waals surface area contributed by atoms with Crippen LogP contribution in [0.5, 0.6) is 0 Å². The summed E-state index contributed by atoms with van der Waals surface area (Å²) in [7, 11) is 0. The van der Waals surface area contributed by atoms with E-state index in [0.29, 0.717) is 0 Å². The third kappa shape index (κ3) is 7.44. The van der Waals surface area contributed by atoms with Gasteiger partial charge in [-0.15, -0.1) is 0 Å². The summed E-state index contributed by atoms with van der Waals surface area (Å²) in [5.74, 6) is 4.11. The second-order valence-corrected chi connectivity index (χ2v) is 8.58. The molecule has 0 heterocycles. The molecule has 0 aliphatic heterocycles. The van der Waals surface area contributed by atoms with E-state index in [2.05, 4.69) is 26.0 Å². The summed E-state index contributed by atoms with van der Waals surface area (Å²) >= 11 is 0. The van der Waals surface area contributed by atoms with Crippen molar-refractivity contribution in [3.05, 3.63) is 12.2 Å². The minimum absolute atomic E-state index is 0.909. The summed E-state index contributed by atoms with van der Waals surface area (Å²) in [5, 5.41) is 0. The van der Waals surface area contributed by atoms with Gasteiger partial charge in [-0.3, -0.25) is 0 Å². The maximum absolute atomic E-state index is 2.52. The summed E-state index contributed by atoms with van der Waals surface area (Å²) in [6.07, 6.45) is 27.1. The second kappa shape index (κ2) is 11.3. The first-order valence-electron chi connectivity index (χ1n) is 11.0. The van der Waals surface area contributed by atoms with Gasteiger partial charge in [-0.1, -0.05) is 90.2 Å². The third-order valence-electron chi connectivity index (χ3n) is 6.77. The van der Waals surface area contributed by atoms with Gasteiger partial charge in [-0.05, 0) is 55.8 Å². The van der Waals surface area contributed by atoms with E-state index in [1.165, 1.54) is 96.3 Å². The van der Waals surface area contributed by atoms with Crippen molar-refractivity contribution in [2.75, 3.05) is 0 Å². The molecule has 2 rings (SSSR count). The molecular weight excluding hydrogens is 276 g/mol. The van der Waals surface area contributed by atoms with Crippen LogP contribution < -0.4 is 0 Å². The Kier molecular flexibility index (Phi) is 9.39. The average Bonchev–Trinajstić information content (AvgIpc) is 2.61. The van der Waals surface area contributed by atoms with Crippen LogP contribution in [0.4, 0.5) is 0 Å². The van der Waals surface area contributed by atoms with E-state index in [9.17, 15) is 0 Å². The van der Waals surface area contributed by atoms with Gasteiger partial charge in [0.05, 0.1) is 0 Å². The Morgan fingerprint density at radius 1 is 0.696 bits per heavy atom. The largest absolute Gasteiger partial charge is 0.0883 e. The molecule has 2 fully saturated rings. The molecule has 134 valence electrons. The molecule has 0 spiro atoms. The standard InChI is InChI=1S/C23H42/c1-3-5-6-9-21-16-18-23(19-17-21)11-8-7-10-22-14-12-20(4-2)13-15-22/h6,9,20-23H,3-5,7-8,10-19H2,1-2H3/b9-6+/t20-,21?,22-,23?. The molecule has 2 aliphatic carbocycles. The summed E-state index contributed by atoms with van der Waals surface area (Å²) < 4.78 is 0. The highest BCUT2D eigenvalue weighted by atomic mass is 14.3. The second-order valence-electron chi connectivity index (χ2n) is 8.58. The SMILES string of the molecule is CCC/C=C/C1CCC(CCCC[C@H]2CC[C@H](CC)CC2)CC1. The Balaban J connectivity index is 1.48. The quantitative estimate of drug-likeness (QED) is 0.299. The minimum atomic E-state index is 0.909. The summed E-state index contributed by atoms with van der Waals surface area (Å²) in [6, 6.07) is 0. The lowest BCUT2D eigenvalue weighted by Gasteiger charge is -2.28. The molecular formula is C23H42. The van der Waals surface area contributed by atoms with E-state index >= 15 is 0 Å². The molecule has 0 atom stereocenters. The zero-order valence-electron chi connectivity index (χ0n) is 16.1. The zero-order chi connectivity index (χ0) is 16.3. The Morgan fingerprint density at radius 2 is 1.22 bits per heavy atom. The molecule has 0 unspecified atom stereocenters. The number of rotatable bonds is 9. The van der Waals surface area contributed by atoms with Crippen LogP contribution in [0.3, 0.4) is 0 Å².